The van der Waals surface area contributed by atoms with E-state index in [1.807, 2.05) is 30.3 Å². The highest BCUT2D eigenvalue weighted by molar-refractivity contribution is 9.10. The van der Waals surface area contributed by atoms with Crippen LogP contribution in [0.25, 0.3) is 0 Å². The minimum absolute atomic E-state index is 0.00910. The van der Waals surface area contributed by atoms with Crippen LogP contribution in [0.15, 0.2) is 77.3 Å². The lowest BCUT2D eigenvalue weighted by Gasteiger charge is -2.29. The Balaban J connectivity index is 1.64. The van der Waals surface area contributed by atoms with E-state index in [2.05, 4.69) is 15.9 Å². The lowest BCUT2D eigenvalue weighted by Crippen LogP contribution is -2.37. The number of hydroxylamine groups is 1. The van der Waals surface area contributed by atoms with Crippen LogP contribution in [0.4, 0.5) is 11.4 Å². The smallest absolute Gasteiger partial charge is 0.266 e. The molecule has 0 radical (unpaired) electrons. The number of para-hydroxylation sites is 2. The van der Waals surface area contributed by atoms with Gasteiger partial charge in [-0.3, -0.25) is 14.4 Å². The van der Waals surface area contributed by atoms with Gasteiger partial charge in [0.1, 0.15) is 11.7 Å². The van der Waals surface area contributed by atoms with Crippen molar-refractivity contribution in [3.8, 4) is 5.75 Å². The molecule has 0 aromatic heterocycles. The first kappa shape index (κ1) is 20.1. The van der Waals surface area contributed by atoms with Crippen molar-refractivity contribution in [1.82, 2.24) is 0 Å². The van der Waals surface area contributed by atoms with Gasteiger partial charge in [0.15, 0.2) is 6.10 Å². The third kappa shape index (κ3) is 3.20. The van der Waals surface area contributed by atoms with Gasteiger partial charge in [-0.25, -0.2) is 9.96 Å². The summed E-state index contributed by atoms with van der Waals surface area (Å²) >= 11 is 9.70. The summed E-state index contributed by atoms with van der Waals surface area (Å²) in [6.45, 7) is 0. The van der Waals surface area contributed by atoms with Gasteiger partial charge < -0.3 is 5.11 Å². The van der Waals surface area contributed by atoms with Gasteiger partial charge in [-0.15, -0.1) is 0 Å². The van der Waals surface area contributed by atoms with Gasteiger partial charge >= 0.3 is 0 Å². The Morgan fingerprint density at radius 3 is 2.39 bits per heavy atom. The maximum absolute atomic E-state index is 13.6. The Bertz CT molecular complexity index is 1190. The highest BCUT2D eigenvalue weighted by atomic mass is 79.9. The molecular formula is C23H16BrClN2O4. The van der Waals surface area contributed by atoms with Gasteiger partial charge in [0.05, 0.1) is 22.4 Å². The van der Waals surface area contributed by atoms with Crippen molar-refractivity contribution in [3.05, 3.63) is 87.9 Å². The summed E-state index contributed by atoms with van der Waals surface area (Å²) in [7, 11) is 0. The van der Waals surface area contributed by atoms with Crippen molar-refractivity contribution >= 4 is 50.7 Å². The molecule has 1 N–H and O–H groups in total. The number of anilines is 2. The molecule has 5 rings (SSSR count). The van der Waals surface area contributed by atoms with Crippen LogP contribution in [0.5, 0.6) is 5.75 Å². The number of carbonyl (C=O) groups is 2. The summed E-state index contributed by atoms with van der Waals surface area (Å²) in [5.41, 5.74) is 1.47. The number of benzene rings is 3. The molecule has 3 aromatic rings. The van der Waals surface area contributed by atoms with E-state index in [1.165, 1.54) is 5.06 Å². The molecule has 0 aliphatic carbocycles. The second-order valence-corrected chi connectivity index (χ2v) is 8.65. The number of aromatic hydroxyl groups is 1. The van der Waals surface area contributed by atoms with Crippen LogP contribution in [0.2, 0.25) is 5.02 Å². The minimum atomic E-state index is -1.03. The number of phenols is 1. The zero-order valence-corrected chi connectivity index (χ0v) is 18.3. The first-order valence-corrected chi connectivity index (χ1v) is 10.8. The molecule has 2 saturated heterocycles. The summed E-state index contributed by atoms with van der Waals surface area (Å²) in [4.78, 5) is 34.0. The second kappa shape index (κ2) is 7.67. The molecule has 2 aliphatic heterocycles. The van der Waals surface area contributed by atoms with Crippen LogP contribution in [0.3, 0.4) is 0 Å². The molecular weight excluding hydrogens is 484 g/mol. The summed E-state index contributed by atoms with van der Waals surface area (Å²) in [6.07, 6.45) is -1.03. The number of halogens is 2. The quantitative estimate of drug-likeness (QED) is 0.521. The molecule has 3 aromatic carbocycles. The van der Waals surface area contributed by atoms with E-state index in [9.17, 15) is 14.7 Å². The van der Waals surface area contributed by atoms with Crippen LogP contribution in [0, 0.1) is 5.92 Å². The number of hydrogen-bond donors (Lipinski definition) is 1. The maximum Gasteiger partial charge on any atom is 0.266 e. The molecule has 0 spiro atoms. The van der Waals surface area contributed by atoms with E-state index in [0.717, 1.165) is 9.37 Å². The number of nitrogens with zero attached hydrogens (tertiary/aromatic N) is 2. The fourth-order valence-electron chi connectivity index (χ4n) is 4.16. The number of rotatable bonds is 3. The Kier molecular flexibility index (Phi) is 4.97. The molecule has 2 heterocycles. The summed E-state index contributed by atoms with van der Waals surface area (Å²) < 4.78 is 0.733. The number of amides is 2. The molecule has 0 bridgehead atoms. The van der Waals surface area contributed by atoms with Gasteiger partial charge in [-0.2, -0.15) is 0 Å². The predicted octanol–water partition coefficient (Wildman–Crippen LogP) is 4.86. The third-order valence-corrected chi connectivity index (χ3v) is 6.34. The van der Waals surface area contributed by atoms with E-state index >= 15 is 0 Å². The molecule has 8 heteroatoms. The molecule has 0 saturated carbocycles. The van der Waals surface area contributed by atoms with Gasteiger partial charge in [0.25, 0.3) is 5.91 Å². The first-order chi connectivity index (χ1) is 15.0. The first-order valence-electron chi connectivity index (χ1n) is 9.59. The number of carbonyl (C=O) groups excluding carboxylic acids is 2. The van der Waals surface area contributed by atoms with Crippen molar-refractivity contribution in [2.24, 2.45) is 5.92 Å². The molecule has 2 amide bonds. The van der Waals surface area contributed by atoms with Crippen molar-refractivity contribution in [2.75, 3.05) is 9.96 Å². The molecule has 2 aliphatic rings. The summed E-state index contributed by atoms with van der Waals surface area (Å²) in [5, 5.41) is 12.5. The molecule has 6 nitrogen and oxygen atoms in total. The molecule has 31 heavy (non-hydrogen) atoms. The minimum Gasteiger partial charge on any atom is -0.508 e. The lowest BCUT2D eigenvalue weighted by atomic mass is 9.90. The second-order valence-electron chi connectivity index (χ2n) is 7.32. The van der Waals surface area contributed by atoms with Crippen LogP contribution in [-0.2, 0) is 14.4 Å². The largest absolute Gasteiger partial charge is 0.508 e. The zero-order chi connectivity index (χ0) is 21.7. The standard InChI is InChI=1S/C23H16BrClN2O4/c24-13-10-11-18(28)15(12-13)20-19-21(31-27(20)14-6-2-1-3-7-14)23(30)26(22(19)29)17-9-5-4-8-16(17)25/h1-12,19-21,28H/t19-,20+,21-/m1/s1. The topological polar surface area (TPSA) is 70.1 Å². The highest BCUT2D eigenvalue weighted by Crippen LogP contribution is 2.50. The van der Waals surface area contributed by atoms with Crippen LogP contribution in [-0.4, -0.2) is 23.0 Å². The van der Waals surface area contributed by atoms with Crippen molar-refractivity contribution in [1.29, 1.82) is 0 Å². The number of fused-ring (bicyclic) bond motifs is 1. The Hall–Kier alpha value is -2.87. The lowest BCUT2D eigenvalue weighted by molar-refractivity contribution is -0.126. The zero-order valence-electron chi connectivity index (χ0n) is 16.0. The average molecular weight is 500 g/mol. The van der Waals surface area contributed by atoms with Crippen LogP contribution >= 0.6 is 27.5 Å². The van der Waals surface area contributed by atoms with Crippen LogP contribution < -0.4 is 9.96 Å². The Morgan fingerprint density at radius 2 is 1.65 bits per heavy atom. The average Bonchev–Trinajstić information content (AvgIpc) is 3.27. The fourth-order valence-corrected chi connectivity index (χ4v) is 4.76. The van der Waals surface area contributed by atoms with Crippen molar-refractivity contribution in [2.45, 2.75) is 12.1 Å². The van der Waals surface area contributed by atoms with Gasteiger partial charge in [-0.1, -0.05) is 57.9 Å². The highest BCUT2D eigenvalue weighted by Gasteiger charge is 2.61. The Labute approximate surface area is 191 Å². The number of imide groups is 1. The van der Waals surface area contributed by atoms with Gasteiger partial charge in [-0.05, 0) is 42.5 Å². The summed E-state index contributed by atoms with van der Waals surface area (Å²) in [6, 6.07) is 20.1. The van der Waals surface area contributed by atoms with Crippen molar-refractivity contribution < 1.29 is 19.5 Å². The Morgan fingerprint density at radius 1 is 0.935 bits per heavy atom. The maximum atomic E-state index is 13.6. The SMILES string of the molecule is O=C1[C@H]2[C@@H](ON(c3ccccc3)[C@H]2c2cc(Br)ccc2O)C(=O)N1c1ccccc1Cl. The third-order valence-electron chi connectivity index (χ3n) is 5.53. The normalized spacial score (nSPS) is 22.8. The van der Waals surface area contributed by atoms with E-state index < -0.39 is 29.9 Å². The predicted molar refractivity (Wildman–Crippen MR) is 120 cm³/mol. The van der Waals surface area contributed by atoms with E-state index in [0.29, 0.717) is 22.0 Å². The van der Waals surface area contributed by atoms with E-state index in [4.69, 9.17) is 16.4 Å². The van der Waals surface area contributed by atoms with E-state index in [-0.39, 0.29) is 5.75 Å². The monoisotopic (exact) mass is 498 g/mol. The molecule has 0 unspecified atom stereocenters. The van der Waals surface area contributed by atoms with Crippen LogP contribution in [0.1, 0.15) is 11.6 Å². The van der Waals surface area contributed by atoms with Gasteiger partial charge in [0.2, 0.25) is 5.91 Å². The fraction of sp³-hybridized carbons (Fsp3) is 0.130. The molecule has 2 fully saturated rings. The van der Waals surface area contributed by atoms with Gasteiger partial charge in [0, 0.05) is 10.0 Å². The summed E-state index contributed by atoms with van der Waals surface area (Å²) in [5.74, 6) is -1.76. The van der Waals surface area contributed by atoms with Crippen molar-refractivity contribution in [3.63, 3.8) is 0 Å². The molecule has 156 valence electrons. The number of phenolic OH excluding ortho intramolecular Hbond substituents is 1. The molecule has 3 atom stereocenters. The number of hydrogen-bond acceptors (Lipinski definition) is 5. The van der Waals surface area contributed by atoms with E-state index in [1.54, 1.807) is 42.5 Å².